The lowest BCUT2D eigenvalue weighted by molar-refractivity contribution is 0.0947. The molecule has 1 aromatic heterocycles. The van der Waals surface area contributed by atoms with Crippen molar-refractivity contribution in [1.82, 2.24) is 15.0 Å². The number of aromatic nitrogens is 3. The Kier molecular flexibility index (Phi) is 3.39. The highest BCUT2D eigenvalue weighted by atomic mass is 16.3. The van der Waals surface area contributed by atoms with Crippen LogP contribution in [0.2, 0.25) is 0 Å². The molecule has 0 aliphatic heterocycles. The van der Waals surface area contributed by atoms with E-state index in [4.69, 9.17) is 10.2 Å². The molecule has 0 amide bonds. The van der Waals surface area contributed by atoms with Gasteiger partial charge in [0, 0.05) is 18.7 Å². The minimum atomic E-state index is -0.739. The molecule has 5 nitrogen and oxygen atoms in total. The van der Waals surface area contributed by atoms with Crippen molar-refractivity contribution >= 4 is 0 Å². The lowest BCUT2D eigenvalue weighted by atomic mass is 10.2. The van der Waals surface area contributed by atoms with Crippen molar-refractivity contribution in [3.63, 3.8) is 0 Å². The maximum absolute atomic E-state index is 9.13. The Hall–Kier alpha value is -0.940. The monoisotopic (exact) mass is 185 g/mol. The standard InChI is InChI=1S/C8H15N3O2/c1-6(2)11-4-7(9-10-11)3-8(13)5-12/h4,6,8,12-13H,3,5H2,1-2H3. The molecule has 0 spiro atoms. The van der Waals surface area contributed by atoms with Gasteiger partial charge < -0.3 is 10.2 Å². The molecule has 1 rings (SSSR count). The van der Waals surface area contributed by atoms with E-state index < -0.39 is 6.10 Å². The second-order valence-corrected chi connectivity index (χ2v) is 3.32. The lowest BCUT2D eigenvalue weighted by Gasteiger charge is -2.03. The van der Waals surface area contributed by atoms with Crippen LogP contribution in [0.15, 0.2) is 6.20 Å². The molecular formula is C8H15N3O2. The van der Waals surface area contributed by atoms with Gasteiger partial charge in [-0.1, -0.05) is 5.21 Å². The highest BCUT2D eigenvalue weighted by Crippen LogP contribution is 2.04. The summed E-state index contributed by atoms with van der Waals surface area (Å²) in [4.78, 5) is 0. The van der Waals surface area contributed by atoms with Gasteiger partial charge in [0.1, 0.15) is 0 Å². The van der Waals surface area contributed by atoms with E-state index in [0.717, 1.165) is 0 Å². The van der Waals surface area contributed by atoms with Crippen LogP contribution in [0.25, 0.3) is 0 Å². The first-order valence-corrected chi connectivity index (χ1v) is 4.33. The zero-order chi connectivity index (χ0) is 9.84. The number of hydrogen-bond acceptors (Lipinski definition) is 4. The Balaban J connectivity index is 2.58. The lowest BCUT2D eigenvalue weighted by Crippen LogP contribution is -2.15. The third-order valence-electron chi connectivity index (χ3n) is 1.74. The van der Waals surface area contributed by atoms with Crippen LogP contribution in [0.5, 0.6) is 0 Å². The predicted molar refractivity (Wildman–Crippen MR) is 47.2 cm³/mol. The molecule has 0 fully saturated rings. The Bertz CT molecular complexity index is 260. The third-order valence-corrected chi connectivity index (χ3v) is 1.74. The quantitative estimate of drug-likeness (QED) is 0.679. The van der Waals surface area contributed by atoms with E-state index in [9.17, 15) is 0 Å². The summed E-state index contributed by atoms with van der Waals surface area (Å²) in [6.45, 7) is 3.76. The van der Waals surface area contributed by atoms with Crippen molar-refractivity contribution in [2.24, 2.45) is 0 Å². The van der Waals surface area contributed by atoms with Crippen LogP contribution in [-0.4, -0.2) is 37.9 Å². The molecule has 0 radical (unpaired) electrons. The first-order valence-electron chi connectivity index (χ1n) is 4.33. The smallest absolute Gasteiger partial charge is 0.0853 e. The number of nitrogens with zero attached hydrogens (tertiary/aromatic N) is 3. The molecule has 0 aromatic carbocycles. The summed E-state index contributed by atoms with van der Waals surface area (Å²) >= 11 is 0. The zero-order valence-corrected chi connectivity index (χ0v) is 7.88. The Morgan fingerprint density at radius 3 is 2.69 bits per heavy atom. The molecule has 1 atom stereocenters. The summed E-state index contributed by atoms with van der Waals surface area (Å²) in [6, 6.07) is 0.271. The van der Waals surface area contributed by atoms with E-state index in [1.54, 1.807) is 10.9 Å². The molecule has 74 valence electrons. The molecule has 0 aliphatic rings. The summed E-state index contributed by atoms with van der Waals surface area (Å²) in [6.07, 6.45) is 1.39. The Morgan fingerprint density at radius 2 is 2.23 bits per heavy atom. The van der Waals surface area contributed by atoms with Crippen LogP contribution in [-0.2, 0) is 6.42 Å². The van der Waals surface area contributed by atoms with E-state index >= 15 is 0 Å². The van der Waals surface area contributed by atoms with E-state index in [-0.39, 0.29) is 12.6 Å². The molecule has 2 N–H and O–H groups in total. The molecular weight excluding hydrogens is 170 g/mol. The normalized spacial score (nSPS) is 13.6. The van der Waals surface area contributed by atoms with Crippen molar-refractivity contribution < 1.29 is 10.2 Å². The van der Waals surface area contributed by atoms with Crippen LogP contribution < -0.4 is 0 Å². The van der Waals surface area contributed by atoms with E-state index in [1.165, 1.54) is 0 Å². The van der Waals surface area contributed by atoms with Gasteiger partial charge in [0.05, 0.1) is 18.4 Å². The van der Waals surface area contributed by atoms with Crippen molar-refractivity contribution in [2.75, 3.05) is 6.61 Å². The van der Waals surface area contributed by atoms with Gasteiger partial charge in [-0.05, 0) is 13.8 Å². The topological polar surface area (TPSA) is 71.2 Å². The average Bonchev–Trinajstić information content (AvgIpc) is 2.52. The van der Waals surface area contributed by atoms with Gasteiger partial charge >= 0.3 is 0 Å². The minimum Gasteiger partial charge on any atom is -0.394 e. The van der Waals surface area contributed by atoms with E-state index in [2.05, 4.69) is 10.3 Å². The first-order chi connectivity index (χ1) is 6.13. The molecule has 0 saturated heterocycles. The Labute approximate surface area is 77.0 Å². The predicted octanol–water partition coefficient (Wildman–Crippen LogP) is -0.245. The number of rotatable bonds is 4. The van der Waals surface area contributed by atoms with E-state index in [1.807, 2.05) is 13.8 Å². The summed E-state index contributed by atoms with van der Waals surface area (Å²) in [5.41, 5.74) is 0.704. The zero-order valence-electron chi connectivity index (χ0n) is 7.88. The summed E-state index contributed by atoms with van der Waals surface area (Å²) in [7, 11) is 0. The fourth-order valence-electron chi connectivity index (χ4n) is 0.965. The average molecular weight is 185 g/mol. The number of hydrogen-bond donors (Lipinski definition) is 2. The van der Waals surface area contributed by atoms with Crippen molar-refractivity contribution in [3.05, 3.63) is 11.9 Å². The largest absolute Gasteiger partial charge is 0.394 e. The molecule has 0 bridgehead atoms. The van der Waals surface area contributed by atoms with Gasteiger partial charge in [-0.2, -0.15) is 0 Å². The van der Waals surface area contributed by atoms with Gasteiger partial charge in [0.25, 0.3) is 0 Å². The van der Waals surface area contributed by atoms with Crippen LogP contribution in [0, 0.1) is 0 Å². The van der Waals surface area contributed by atoms with Gasteiger partial charge in [-0.25, -0.2) is 4.68 Å². The van der Waals surface area contributed by atoms with Crippen LogP contribution in [0.4, 0.5) is 0 Å². The molecule has 1 heterocycles. The van der Waals surface area contributed by atoms with Gasteiger partial charge in [-0.3, -0.25) is 0 Å². The molecule has 0 saturated carbocycles. The minimum absolute atomic E-state index is 0.242. The Morgan fingerprint density at radius 1 is 1.54 bits per heavy atom. The van der Waals surface area contributed by atoms with Crippen LogP contribution >= 0.6 is 0 Å². The van der Waals surface area contributed by atoms with Crippen molar-refractivity contribution in [3.8, 4) is 0 Å². The third kappa shape index (κ3) is 2.78. The van der Waals surface area contributed by atoms with Gasteiger partial charge in [0.2, 0.25) is 0 Å². The summed E-state index contributed by atoms with van der Waals surface area (Å²) < 4.78 is 1.72. The second-order valence-electron chi connectivity index (χ2n) is 3.32. The van der Waals surface area contributed by atoms with Gasteiger partial charge in [0.15, 0.2) is 0 Å². The fourth-order valence-corrected chi connectivity index (χ4v) is 0.965. The maximum atomic E-state index is 9.13. The van der Waals surface area contributed by atoms with Gasteiger partial charge in [-0.15, -0.1) is 5.10 Å². The van der Waals surface area contributed by atoms with Crippen molar-refractivity contribution in [1.29, 1.82) is 0 Å². The number of aliphatic hydroxyl groups is 2. The maximum Gasteiger partial charge on any atom is 0.0853 e. The van der Waals surface area contributed by atoms with E-state index in [0.29, 0.717) is 12.1 Å². The highest BCUT2D eigenvalue weighted by molar-refractivity contribution is 4.95. The molecule has 1 unspecified atom stereocenters. The fraction of sp³-hybridized carbons (Fsp3) is 0.750. The SMILES string of the molecule is CC(C)n1cc(CC(O)CO)nn1. The molecule has 13 heavy (non-hydrogen) atoms. The first kappa shape index (κ1) is 10.1. The molecule has 1 aromatic rings. The van der Waals surface area contributed by atoms with Crippen LogP contribution in [0.3, 0.4) is 0 Å². The van der Waals surface area contributed by atoms with Crippen LogP contribution in [0.1, 0.15) is 25.6 Å². The molecule has 5 heteroatoms. The number of aliphatic hydroxyl groups excluding tert-OH is 2. The summed E-state index contributed by atoms with van der Waals surface area (Å²) in [5, 5.41) is 25.5. The summed E-state index contributed by atoms with van der Waals surface area (Å²) in [5.74, 6) is 0. The highest BCUT2D eigenvalue weighted by Gasteiger charge is 2.08. The molecule has 0 aliphatic carbocycles. The van der Waals surface area contributed by atoms with Crippen molar-refractivity contribution in [2.45, 2.75) is 32.4 Å². The second kappa shape index (κ2) is 4.34.